The summed E-state index contributed by atoms with van der Waals surface area (Å²) < 4.78 is 11.8. The fourth-order valence-corrected chi connectivity index (χ4v) is 3.47. The highest BCUT2D eigenvalue weighted by atomic mass is 16.5. The van der Waals surface area contributed by atoms with Crippen molar-refractivity contribution in [2.45, 2.75) is 50.4 Å². The Balaban J connectivity index is 1.85. The van der Waals surface area contributed by atoms with Crippen molar-refractivity contribution in [1.82, 2.24) is 25.5 Å². The Morgan fingerprint density at radius 2 is 2.07 bits per heavy atom. The molecule has 0 amide bonds. The van der Waals surface area contributed by atoms with Gasteiger partial charge in [-0.25, -0.2) is 4.68 Å². The summed E-state index contributed by atoms with van der Waals surface area (Å²) in [6.45, 7) is 4.06. The highest BCUT2D eigenvalue weighted by Gasteiger charge is 2.27. The minimum absolute atomic E-state index is 0.0485. The minimum atomic E-state index is -0.408. The van der Waals surface area contributed by atoms with Crippen LogP contribution in [-0.2, 0) is 16.1 Å². The van der Waals surface area contributed by atoms with E-state index in [1.54, 1.807) is 6.08 Å². The molecule has 1 saturated carbocycles. The van der Waals surface area contributed by atoms with Crippen LogP contribution in [0.2, 0.25) is 0 Å². The standard InChI is InChI=1S/C20H28N6O3/c1-3-12-29-17-10-4-14(5-11-17)19(22-16-8-6-15(21)7-9-16)20-23-24-25-26(20)13-18(27)28-2/h3-5,10-11,15-16,19,22H,1,6-9,12-13,21H2,2H3. The Kier molecular flexibility index (Phi) is 7.31. The van der Waals surface area contributed by atoms with Crippen LogP contribution in [0.25, 0.3) is 0 Å². The van der Waals surface area contributed by atoms with E-state index in [4.69, 9.17) is 15.2 Å². The third-order valence-electron chi connectivity index (χ3n) is 5.08. The zero-order valence-electron chi connectivity index (χ0n) is 16.7. The maximum atomic E-state index is 11.8. The molecule has 0 bridgehead atoms. The summed E-state index contributed by atoms with van der Waals surface area (Å²) in [5.41, 5.74) is 7.03. The first kappa shape index (κ1) is 20.9. The number of hydrogen-bond acceptors (Lipinski definition) is 8. The number of nitrogens with one attached hydrogen (secondary N) is 1. The first-order chi connectivity index (χ1) is 14.1. The molecule has 29 heavy (non-hydrogen) atoms. The number of ether oxygens (including phenoxy) is 2. The smallest absolute Gasteiger partial charge is 0.327 e. The van der Waals surface area contributed by atoms with E-state index < -0.39 is 5.97 Å². The van der Waals surface area contributed by atoms with Crippen molar-refractivity contribution in [2.75, 3.05) is 13.7 Å². The van der Waals surface area contributed by atoms with Crippen LogP contribution in [-0.4, -0.2) is 52.0 Å². The van der Waals surface area contributed by atoms with Gasteiger partial charge in [-0.3, -0.25) is 4.79 Å². The predicted octanol–water partition coefficient (Wildman–Crippen LogP) is 1.36. The fraction of sp³-hybridized carbons (Fsp3) is 0.500. The number of carbonyl (C=O) groups is 1. The van der Waals surface area contributed by atoms with Crippen LogP contribution in [0.3, 0.4) is 0 Å². The molecule has 1 heterocycles. The van der Waals surface area contributed by atoms with Crippen LogP contribution in [0.4, 0.5) is 0 Å². The number of benzene rings is 1. The van der Waals surface area contributed by atoms with E-state index in [0.717, 1.165) is 37.0 Å². The number of methoxy groups -OCH3 is 1. The van der Waals surface area contributed by atoms with E-state index in [2.05, 4.69) is 27.4 Å². The molecular weight excluding hydrogens is 372 g/mol. The molecule has 1 aromatic carbocycles. The summed E-state index contributed by atoms with van der Waals surface area (Å²) in [5, 5.41) is 15.6. The van der Waals surface area contributed by atoms with Gasteiger partial charge in [-0.05, 0) is 53.8 Å². The summed E-state index contributed by atoms with van der Waals surface area (Å²) in [5.74, 6) is 0.907. The molecule has 3 rings (SSSR count). The van der Waals surface area contributed by atoms with E-state index >= 15 is 0 Å². The molecule has 1 aliphatic carbocycles. The van der Waals surface area contributed by atoms with Crippen molar-refractivity contribution >= 4 is 5.97 Å². The van der Waals surface area contributed by atoms with Crippen molar-refractivity contribution in [3.05, 3.63) is 48.3 Å². The average molecular weight is 400 g/mol. The quantitative estimate of drug-likeness (QED) is 0.479. The summed E-state index contributed by atoms with van der Waals surface area (Å²) >= 11 is 0. The van der Waals surface area contributed by atoms with Crippen LogP contribution in [0.1, 0.15) is 43.1 Å². The van der Waals surface area contributed by atoms with Gasteiger partial charge in [0.1, 0.15) is 18.9 Å². The number of nitrogens with two attached hydrogens (primary N) is 1. The number of rotatable bonds is 9. The Bertz CT molecular complexity index is 799. The number of carbonyl (C=O) groups excluding carboxylic acids is 1. The highest BCUT2D eigenvalue weighted by Crippen LogP contribution is 2.26. The summed E-state index contributed by atoms with van der Waals surface area (Å²) in [4.78, 5) is 11.8. The van der Waals surface area contributed by atoms with Crippen LogP contribution in [0.15, 0.2) is 36.9 Å². The molecule has 1 aromatic heterocycles. The van der Waals surface area contributed by atoms with Crippen molar-refractivity contribution < 1.29 is 14.3 Å². The summed E-state index contributed by atoms with van der Waals surface area (Å²) in [7, 11) is 1.34. The molecule has 1 fully saturated rings. The van der Waals surface area contributed by atoms with E-state index in [9.17, 15) is 4.79 Å². The Morgan fingerprint density at radius 1 is 1.34 bits per heavy atom. The Hall–Kier alpha value is -2.78. The van der Waals surface area contributed by atoms with Gasteiger partial charge in [0.15, 0.2) is 5.82 Å². The van der Waals surface area contributed by atoms with Gasteiger partial charge in [-0.2, -0.15) is 0 Å². The maximum absolute atomic E-state index is 11.8. The number of hydrogen-bond donors (Lipinski definition) is 2. The fourth-order valence-electron chi connectivity index (χ4n) is 3.47. The topological polar surface area (TPSA) is 117 Å². The molecule has 3 N–H and O–H groups in total. The molecule has 156 valence electrons. The van der Waals surface area contributed by atoms with Gasteiger partial charge in [0, 0.05) is 12.1 Å². The molecule has 0 radical (unpaired) electrons. The predicted molar refractivity (Wildman–Crippen MR) is 107 cm³/mol. The third kappa shape index (κ3) is 5.61. The van der Waals surface area contributed by atoms with Gasteiger partial charge in [-0.15, -0.1) is 5.10 Å². The molecule has 0 saturated heterocycles. The Morgan fingerprint density at radius 3 is 2.72 bits per heavy atom. The maximum Gasteiger partial charge on any atom is 0.327 e. The van der Waals surface area contributed by atoms with Crippen molar-refractivity contribution in [3.8, 4) is 5.75 Å². The van der Waals surface area contributed by atoms with E-state index in [1.165, 1.54) is 11.8 Å². The second kappa shape index (κ2) is 10.1. The first-order valence-electron chi connectivity index (χ1n) is 9.79. The number of nitrogens with zero attached hydrogens (tertiary/aromatic N) is 4. The minimum Gasteiger partial charge on any atom is -0.490 e. The number of tetrazole rings is 1. The summed E-state index contributed by atoms with van der Waals surface area (Å²) in [6.07, 6.45) is 5.62. The van der Waals surface area contributed by atoms with Gasteiger partial charge < -0.3 is 20.5 Å². The number of esters is 1. The molecule has 1 atom stereocenters. The lowest BCUT2D eigenvalue weighted by Crippen LogP contribution is -2.40. The lowest BCUT2D eigenvalue weighted by Gasteiger charge is -2.30. The van der Waals surface area contributed by atoms with Crippen LogP contribution >= 0.6 is 0 Å². The largest absolute Gasteiger partial charge is 0.490 e. The lowest BCUT2D eigenvalue weighted by atomic mass is 9.90. The van der Waals surface area contributed by atoms with Crippen molar-refractivity contribution in [2.24, 2.45) is 5.73 Å². The molecular formula is C20H28N6O3. The van der Waals surface area contributed by atoms with E-state index in [1.807, 2.05) is 24.3 Å². The second-order valence-electron chi connectivity index (χ2n) is 7.15. The molecule has 0 spiro atoms. The molecule has 0 aliphatic heterocycles. The first-order valence-corrected chi connectivity index (χ1v) is 9.79. The van der Waals surface area contributed by atoms with E-state index in [0.29, 0.717) is 18.5 Å². The summed E-state index contributed by atoms with van der Waals surface area (Å²) in [6, 6.07) is 8.03. The third-order valence-corrected chi connectivity index (χ3v) is 5.08. The Labute approximate surface area is 170 Å². The lowest BCUT2D eigenvalue weighted by molar-refractivity contribution is -0.141. The molecule has 2 aromatic rings. The van der Waals surface area contributed by atoms with Gasteiger partial charge >= 0.3 is 5.97 Å². The number of aromatic nitrogens is 4. The molecule has 9 heteroatoms. The second-order valence-corrected chi connectivity index (χ2v) is 7.15. The van der Waals surface area contributed by atoms with Gasteiger partial charge in [0.05, 0.1) is 13.2 Å². The normalized spacial score (nSPS) is 20.1. The zero-order valence-corrected chi connectivity index (χ0v) is 16.7. The monoisotopic (exact) mass is 400 g/mol. The molecule has 9 nitrogen and oxygen atoms in total. The SMILES string of the molecule is C=CCOc1ccc(C(NC2CCC(N)CC2)c2nnnn2CC(=O)OC)cc1. The van der Waals surface area contributed by atoms with Gasteiger partial charge in [-0.1, -0.05) is 24.8 Å². The molecule has 1 unspecified atom stereocenters. The van der Waals surface area contributed by atoms with E-state index in [-0.39, 0.29) is 18.6 Å². The van der Waals surface area contributed by atoms with Crippen molar-refractivity contribution in [3.63, 3.8) is 0 Å². The van der Waals surface area contributed by atoms with Gasteiger partial charge in [0.25, 0.3) is 0 Å². The average Bonchev–Trinajstić information content (AvgIpc) is 3.20. The van der Waals surface area contributed by atoms with Crippen LogP contribution < -0.4 is 15.8 Å². The van der Waals surface area contributed by atoms with Crippen LogP contribution in [0, 0.1) is 0 Å². The van der Waals surface area contributed by atoms with Gasteiger partial charge in [0.2, 0.25) is 0 Å². The van der Waals surface area contributed by atoms with Crippen molar-refractivity contribution in [1.29, 1.82) is 0 Å². The highest BCUT2D eigenvalue weighted by molar-refractivity contribution is 5.68. The zero-order chi connectivity index (χ0) is 20.6. The van der Waals surface area contributed by atoms with Crippen LogP contribution in [0.5, 0.6) is 5.75 Å². The molecule has 1 aliphatic rings.